The van der Waals surface area contributed by atoms with Crippen molar-refractivity contribution in [3.05, 3.63) is 90.3 Å². The molecule has 1 N–H and O–H groups in total. The van der Waals surface area contributed by atoms with E-state index in [-0.39, 0.29) is 65.7 Å². The normalized spacial score (nSPS) is 17.7. The molecule has 1 saturated carbocycles. The number of carbonyl (C=O) groups excluding carboxylic acids is 2. The van der Waals surface area contributed by atoms with E-state index in [0.717, 1.165) is 37.3 Å². The minimum atomic E-state index is -0.738. The van der Waals surface area contributed by atoms with Gasteiger partial charge in [-0.3, -0.25) is 19.9 Å². The SMILES string of the molecule is CCC(C)(C)O.CCOC(=O)Cl.CCOC(=O)N1CCCC1c1cccnc1.CN1CCCC1c1cccnc1.[I-].[Na+].c1cncc(C2CCCC2)c1. The fourth-order valence-corrected chi connectivity index (χ4v) is 6.11. The van der Waals surface area contributed by atoms with Crippen LogP contribution in [0.3, 0.4) is 0 Å². The van der Waals surface area contributed by atoms with Gasteiger partial charge in [0.1, 0.15) is 0 Å². The zero-order valence-corrected chi connectivity index (χ0v) is 37.8. The summed E-state index contributed by atoms with van der Waals surface area (Å²) in [5.74, 6) is 0.809. The Morgan fingerprint density at radius 2 is 1.23 bits per heavy atom. The van der Waals surface area contributed by atoms with Crippen LogP contribution in [-0.4, -0.2) is 80.3 Å². The van der Waals surface area contributed by atoms with Gasteiger partial charge >= 0.3 is 41.1 Å². The van der Waals surface area contributed by atoms with Crippen LogP contribution < -0.4 is 53.5 Å². The molecule has 2 atom stereocenters. The number of likely N-dealkylation sites (tertiary alicyclic amines) is 2. The fraction of sp³-hybridized carbons (Fsp3) is 0.575. The van der Waals surface area contributed by atoms with Crippen molar-refractivity contribution in [1.82, 2.24) is 24.8 Å². The predicted molar refractivity (Wildman–Crippen MR) is 204 cm³/mol. The molecule has 2 saturated heterocycles. The third kappa shape index (κ3) is 21.1. The van der Waals surface area contributed by atoms with E-state index in [9.17, 15) is 9.59 Å². The van der Waals surface area contributed by atoms with E-state index in [1.165, 1.54) is 56.2 Å². The van der Waals surface area contributed by atoms with Crippen molar-refractivity contribution in [2.45, 2.75) is 116 Å². The molecule has 5 heterocycles. The Balaban J connectivity index is 0.000000663. The number of halogens is 2. The summed E-state index contributed by atoms with van der Waals surface area (Å²) in [5, 5.41) is 8.83. The Bertz CT molecular complexity index is 1360. The summed E-state index contributed by atoms with van der Waals surface area (Å²) in [5.41, 5.74) is 2.69. The van der Waals surface area contributed by atoms with E-state index < -0.39 is 11.0 Å². The van der Waals surface area contributed by atoms with Gasteiger partial charge in [0.2, 0.25) is 0 Å². The van der Waals surface area contributed by atoms with Gasteiger partial charge < -0.3 is 43.5 Å². The van der Waals surface area contributed by atoms with Crippen LogP contribution in [0.4, 0.5) is 9.59 Å². The molecule has 1 aliphatic carbocycles. The molecule has 53 heavy (non-hydrogen) atoms. The summed E-state index contributed by atoms with van der Waals surface area (Å²) >= 11 is 4.72. The second kappa shape index (κ2) is 29.4. The predicted octanol–water partition coefficient (Wildman–Crippen LogP) is 3.52. The first kappa shape index (κ1) is 51.1. The van der Waals surface area contributed by atoms with Crippen LogP contribution >= 0.6 is 11.6 Å². The molecule has 0 radical (unpaired) electrons. The molecule has 3 fully saturated rings. The molecule has 0 bridgehead atoms. The van der Waals surface area contributed by atoms with Crippen molar-refractivity contribution < 1.29 is 77.7 Å². The number of amides is 1. The van der Waals surface area contributed by atoms with Gasteiger partial charge in [-0.25, -0.2) is 9.59 Å². The van der Waals surface area contributed by atoms with Gasteiger partial charge in [0.25, 0.3) is 0 Å². The molecular weight excluding hydrogens is 816 g/mol. The molecule has 3 aromatic heterocycles. The van der Waals surface area contributed by atoms with E-state index in [2.05, 4.69) is 43.8 Å². The van der Waals surface area contributed by atoms with Crippen molar-refractivity contribution in [3.8, 4) is 0 Å². The molecule has 0 aromatic carbocycles. The van der Waals surface area contributed by atoms with Crippen LogP contribution in [-0.2, 0) is 9.47 Å². The first-order valence-electron chi connectivity index (χ1n) is 18.4. The smallest absolute Gasteiger partial charge is 1.00 e. The minimum Gasteiger partial charge on any atom is -1.00 e. The Morgan fingerprint density at radius 3 is 1.60 bits per heavy atom. The van der Waals surface area contributed by atoms with Crippen LogP contribution in [0.2, 0.25) is 0 Å². The molecule has 2 unspecified atom stereocenters. The third-order valence-electron chi connectivity index (χ3n) is 9.05. The van der Waals surface area contributed by atoms with Crippen LogP contribution in [0.15, 0.2) is 73.6 Å². The molecule has 290 valence electrons. The minimum absolute atomic E-state index is 0. The fourth-order valence-electron chi connectivity index (χ4n) is 6.01. The topological polar surface area (TPSA) is 118 Å². The summed E-state index contributed by atoms with van der Waals surface area (Å²) in [7, 11) is 2.19. The number of ether oxygens (including phenoxy) is 2. The molecule has 6 rings (SSSR count). The van der Waals surface area contributed by atoms with Crippen molar-refractivity contribution >= 4 is 23.1 Å². The van der Waals surface area contributed by atoms with Gasteiger partial charge in [0.05, 0.1) is 24.9 Å². The van der Waals surface area contributed by atoms with E-state index in [0.29, 0.717) is 19.3 Å². The van der Waals surface area contributed by atoms with Gasteiger partial charge in [-0.1, -0.05) is 38.0 Å². The largest absolute Gasteiger partial charge is 1.00 e. The Hall–Kier alpha value is -1.87. The zero-order valence-electron chi connectivity index (χ0n) is 32.9. The average Bonchev–Trinajstić information content (AvgIpc) is 3.94. The summed E-state index contributed by atoms with van der Waals surface area (Å²) < 4.78 is 9.21. The maximum atomic E-state index is 11.7. The summed E-state index contributed by atoms with van der Waals surface area (Å²) in [6, 6.07) is 13.1. The maximum absolute atomic E-state index is 11.7. The zero-order chi connectivity index (χ0) is 37.5. The van der Waals surface area contributed by atoms with Crippen LogP contribution in [0.1, 0.15) is 127 Å². The molecule has 1 amide bonds. The van der Waals surface area contributed by atoms with Crippen LogP contribution in [0, 0.1) is 0 Å². The maximum Gasteiger partial charge on any atom is 1.00 e. The summed E-state index contributed by atoms with van der Waals surface area (Å²) in [6.45, 7) is 11.8. The molecule has 10 nitrogen and oxygen atoms in total. The second-order valence-electron chi connectivity index (χ2n) is 13.4. The average molecular weight is 876 g/mol. The van der Waals surface area contributed by atoms with E-state index in [4.69, 9.17) is 21.4 Å². The van der Waals surface area contributed by atoms with E-state index >= 15 is 0 Å². The van der Waals surface area contributed by atoms with Crippen LogP contribution in [0.25, 0.3) is 0 Å². The van der Waals surface area contributed by atoms with Gasteiger partial charge in [-0.15, -0.1) is 0 Å². The Kier molecular flexibility index (Phi) is 28.4. The number of aliphatic hydroxyl groups is 1. The molecule has 2 aliphatic heterocycles. The number of carbonyl (C=O) groups is 2. The van der Waals surface area contributed by atoms with Gasteiger partial charge in [-0.2, -0.15) is 0 Å². The van der Waals surface area contributed by atoms with Gasteiger partial charge in [-0.05, 0) is 127 Å². The molecule has 0 spiro atoms. The van der Waals surface area contributed by atoms with Crippen molar-refractivity contribution in [2.75, 3.05) is 33.4 Å². The summed E-state index contributed by atoms with van der Waals surface area (Å²) in [4.78, 5) is 37.8. The molecular formula is C40H60ClIN5NaO5. The standard InChI is InChI=1S/C12H16N2O2.C10H14N2.C10H13N.C5H12O.C3H5ClO2.HI.Na/c1-2-16-12(15)14-8-4-6-11(14)10-5-3-7-13-9-10;1-12-7-3-5-10(12)9-4-2-6-11-8-9;1-2-5-9(4-1)10-6-3-7-11-8-10;1-4-5(2,3)6;1-2-6-3(4)5;;/h3,5,7,9,11H,2,4,6,8H2,1H3;2,4,6,8,10H,3,5,7H2,1H3;3,6-9H,1-2,4-5H2;6H,4H2,1-3H3;2H2,1H3;1H;/q;;;;;;+1/p-1. The first-order chi connectivity index (χ1) is 24.5. The number of hydrogen-bond donors (Lipinski definition) is 1. The van der Waals surface area contributed by atoms with Gasteiger partial charge in [0.15, 0.2) is 0 Å². The molecule has 13 heteroatoms. The Morgan fingerprint density at radius 1 is 0.774 bits per heavy atom. The van der Waals surface area contributed by atoms with Crippen molar-refractivity contribution in [2.24, 2.45) is 0 Å². The van der Waals surface area contributed by atoms with E-state index in [1.807, 2.05) is 69.1 Å². The van der Waals surface area contributed by atoms with E-state index in [1.54, 1.807) is 31.9 Å². The molecule has 3 aliphatic rings. The second-order valence-corrected chi connectivity index (χ2v) is 13.7. The quantitative estimate of drug-likeness (QED) is 0.226. The Labute approximate surface area is 362 Å². The number of pyridine rings is 3. The number of nitrogens with zero attached hydrogens (tertiary/aromatic N) is 5. The number of hydrogen-bond acceptors (Lipinski definition) is 9. The number of rotatable bonds is 6. The molecule has 3 aromatic rings. The first-order valence-corrected chi connectivity index (χ1v) is 18.8. The van der Waals surface area contributed by atoms with Crippen molar-refractivity contribution in [3.63, 3.8) is 0 Å². The van der Waals surface area contributed by atoms with Crippen molar-refractivity contribution in [1.29, 1.82) is 0 Å². The third-order valence-corrected chi connectivity index (χ3v) is 9.16. The monoisotopic (exact) mass is 875 g/mol. The summed E-state index contributed by atoms with van der Waals surface area (Å²) in [6.07, 6.45) is 22.0. The van der Waals surface area contributed by atoms with Crippen LogP contribution in [0.5, 0.6) is 0 Å². The number of aromatic nitrogens is 3. The van der Waals surface area contributed by atoms with Gasteiger partial charge in [0, 0.05) is 61.4 Å².